The lowest BCUT2D eigenvalue weighted by molar-refractivity contribution is -0.139. The maximum absolute atomic E-state index is 14.4. The lowest BCUT2D eigenvalue weighted by Gasteiger charge is -2.12. The van der Waals surface area contributed by atoms with Crippen LogP contribution in [0, 0.1) is 37.1 Å². The van der Waals surface area contributed by atoms with E-state index in [2.05, 4.69) is 0 Å². The van der Waals surface area contributed by atoms with Crippen molar-refractivity contribution < 1.29 is 56.4 Å². The van der Waals surface area contributed by atoms with Gasteiger partial charge in [0.1, 0.15) is 11.6 Å². The maximum atomic E-state index is 14.4. The second kappa shape index (κ2) is 15.7. The monoisotopic (exact) mass is 746 g/mol. The number of fused-ring (bicyclic) bond motifs is 2. The van der Waals surface area contributed by atoms with Gasteiger partial charge in [-0.1, -0.05) is 6.92 Å². The number of halogens is 4. The van der Waals surface area contributed by atoms with Gasteiger partial charge >= 0.3 is 11.9 Å². The number of carboxylic acids is 2. The molecule has 2 N–H and O–H groups in total. The highest BCUT2D eigenvalue weighted by molar-refractivity contribution is 6.06. The Balaban J connectivity index is 0.000000208. The lowest BCUT2D eigenvalue weighted by atomic mass is 9.94. The molecule has 0 amide bonds. The Labute approximate surface area is 305 Å². The minimum absolute atomic E-state index is 0.0413. The highest BCUT2D eigenvalue weighted by Gasteiger charge is 2.29. The summed E-state index contributed by atoms with van der Waals surface area (Å²) in [7, 11) is 2.61. The number of carboxylic acid groups (broad SMARTS) is 2. The third-order valence-corrected chi connectivity index (χ3v) is 9.11. The molecule has 280 valence electrons. The summed E-state index contributed by atoms with van der Waals surface area (Å²) in [5, 5.41) is 19.7. The number of hydrogen-bond donors (Lipinski definition) is 2. The van der Waals surface area contributed by atoms with Gasteiger partial charge in [-0.15, -0.1) is 0 Å². The van der Waals surface area contributed by atoms with Crippen LogP contribution in [-0.4, -0.2) is 57.3 Å². The third kappa shape index (κ3) is 7.27. The molecular formula is C40H34F4N2O8. The molecule has 2 aromatic heterocycles. The number of carbonyl (C=O) groups is 4. The molecule has 1 unspecified atom stereocenters. The third-order valence-electron chi connectivity index (χ3n) is 9.11. The standard InChI is InChI=1S/C21H19F2NO4.C19H15F2NO4/c1-4-14(21(26)27)19-11(2)24(20(25)12-5-7-13(22)8-6-12)17-10-16(23)18(28-3)9-15(17)19;1-10-13(8-18(23)24)14-7-17(26-2)15(21)9-16(14)22(10)19(25)11-3-5-12(20)6-4-11/h5-10,14H,4H2,1-3H3,(H,26,27);3-7,9H,8H2,1-2H3,(H,23,24). The predicted octanol–water partition coefficient (Wildman–Crippen LogP) is 8.06. The molecule has 0 bridgehead atoms. The molecule has 6 aromatic rings. The Hall–Kier alpha value is -6.44. The van der Waals surface area contributed by atoms with E-state index >= 15 is 0 Å². The zero-order valence-electron chi connectivity index (χ0n) is 29.7. The Morgan fingerprint density at radius 1 is 0.667 bits per heavy atom. The SMILES string of the molecule is CCC(C(=O)O)c1c(C)n(C(=O)c2ccc(F)cc2)c2cc(F)c(OC)cc12.COc1cc2c(CC(=O)O)c(C)n(C(=O)c3ccc(F)cc3)c2cc1F. The van der Waals surface area contributed by atoms with E-state index in [1.54, 1.807) is 20.8 Å². The fraction of sp³-hybridized carbons (Fsp3) is 0.200. The van der Waals surface area contributed by atoms with Crippen LogP contribution in [0.5, 0.6) is 11.5 Å². The molecule has 4 aromatic carbocycles. The first-order valence-electron chi connectivity index (χ1n) is 16.4. The summed E-state index contributed by atoms with van der Waals surface area (Å²) in [4.78, 5) is 49.0. The van der Waals surface area contributed by atoms with Crippen LogP contribution in [0.2, 0.25) is 0 Å². The molecule has 0 spiro atoms. The number of methoxy groups -OCH3 is 2. The number of ether oxygens (including phenoxy) is 2. The van der Waals surface area contributed by atoms with E-state index in [1.807, 2.05) is 0 Å². The van der Waals surface area contributed by atoms with Crippen LogP contribution in [0.25, 0.3) is 21.8 Å². The van der Waals surface area contributed by atoms with Crippen molar-refractivity contribution in [3.8, 4) is 11.5 Å². The van der Waals surface area contributed by atoms with Crippen molar-refractivity contribution in [2.45, 2.75) is 39.5 Å². The summed E-state index contributed by atoms with van der Waals surface area (Å²) < 4.78 is 67.4. The molecule has 0 aliphatic carbocycles. The average Bonchev–Trinajstić information content (AvgIpc) is 3.55. The zero-order valence-corrected chi connectivity index (χ0v) is 29.7. The van der Waals surface area contributed by atoms with Gasteiger partial charge in [0, 0.05) is 45.4 Å². The van der Waals surface area contributed by atoms with Crippen LogP contribution in [0.1, 0.15) is 62.5 Å². The second-order valence-corrected chi connectivity index (χ2v) is 12.2. The average molecular weight is 747 g/mol. The van der Waals surface area contributed by atoms with Crippen LogP contribution in [0.15, 0.2) is 72.8 Å². The summed E-state index contributed by atoms with van der Waals surface area (Å²) in [6, 6.07) is 15.0. The fourth-order valence-corrected chi connectivity index (χ4v) is 6.52. The quantitative estimate of drug-likeness (QED) is 0.142. The van der Waals surface area contributed by atoms with Gasteiger partial charge < -0.3 is 19.7 Å². The van der Waals surface area contributed by atoms with Gasteiger partial charge in [0.2, 0.25) is 0 Å². The molecule has 6 rings (SSSR count). The van der Waals surface area contributed by atoms with Gasteiger partial charge in [-0.3, -0.25) is 28.3 Å². The number of rotatable bonds is 9. The van der Waals surface area contributed by atoms with Crippen LogP contribution in [-0.2, 0) is 16.0 Å². The van der Waals surface area contributed by atoms with Crippen molar-refractivity contribution in [1.82, 2.24) is 9.13 Å². The molecule has 1 atom stereocenters. The van der Waals surface area contributed by atoms with Crippen molar-refractivity contribution >= 4 is 45.6 Å². The molecule has 2 heterocycles. The van der Waals surface area contributed by atoms with Crippen LogP contribution < -0.4 is 9.47 Å². The number of nitrogens with zero attached hydrogens (tertiary/aromatic N) is 2. The van der Waals surface area contributed by atoms with Gasteiger partial charge in [-0.05, 0) is 92.1 Å². The summed E-state index contributed by atoms with van der Waals surface area (Å²) in [5.74, 6) is -6.41. The van der Waals surface area contributed by atoms with E-state index in [9.17, 15) is 47.0 Å². The number of carbonyl (C=O) groups excluding carboxylic acids is 2. The highest BCUT2D eigenvalue weighted by atomic mass is 19.1. The van der Waals surface area contributed by atoms with E-state index in [-0.39, 0.29) is 40.1 Å². The molecular weight excluding hydrogens is 712 g/mol. The zero-order chi connectivity index (χ0) is 39.6. The largest absolute Gasteiger partial charge is 0.494 e. The molecule has 0 radical (unpaired) electrons. The topological polar surface area (TPSA) is 137 Å². The van der Waals surface area contributed by atoms with Crippen molar-refractivity contribution in [2.24, 2.45) is 0 Å². The van der Waals surface area contributed by atoms with Crippen LogP contribution in [0.4, 0.5) is 17.6 Å². The second-order valence-electron chi connectivity index (χ2n) is 12.2. The van der Waals surface area contributed by atoms with Crippen molar-refractivity contribution in [3.05, 3.63) is 130 Å². The van der Waals surface area contributed by atoms with Crippen molar-refractivity contribution in [3.63, 3.8) is 0 Å². The predicted molar refractivity (Wildman–Crippen MR) is 191 cm³/mol. The molecule has 0 saturated carbocycles. The van der Waals surface area contributed by atoms with Gasteiger partial charge in [-0.2, -0.15) is 0 Å². The number of aromatic nitrogens is 2. The van der Waals surface area contributed by atoms with Crippen molar-refractivity contribution in [2.75, 3.05) is 14.2 Å². The van der Waals surface area contributed by atoms with Gasteiger partial charge in [0.05, 0.1) is 37.6 Å². The summed E-state index contributed by atoms with van der Waals surface area (Å²) >= 11 is 0. The number of aliphatic carboxylic acids is 2. The van der Waals surface area contributed by atoms with Crippen LogP contribution >= 0.6 is 0 Å². The summed E-state index contributed by atoms with van der Waals surface area (Å²) in [5.41, 5.74) is 2.46. The number of hydrogen-bond acceptors (Lipinski definition) is 6. The molecule has 54 heavy (non-hydrogen) atoms. The van der Waals surface area contributed by atoms with Gasteiger partial charge in [-0.25, -0.2) is 17.6 Å². The first-order chi connectivity index (χ1) is 25.6. The minimum Gasteiger partial charge on any atom is -0.494 e. The molecule has 0 aliphatic rings. The van der Waals surface area contributed by atoms with Gasteiger partial charge in [0.25, 0.3) is 11.8 Å². The molecule has 0 aliphatic heterocycles. The first-order valence-corrected chi connectivity index (χ1v) is 16.4. The lowest BCUT2D eigenvalue weighted by Crippen LogP contribution is -2.16. The number of benzene rings is 4. The summed E-state index contributed by atoms with van der Waals surface area (Å²) in [6.45, 7) is 4.93. The van der Waals surface area contributed by atoms with Gasteiger partial charge in [0.15, 0.2) is 23.1 Å². The van der Waals surface area contributed by atoms with E-state index in [0.29, 0.717) is 39.7 Å². The van der Waals surface area contributed by atoms with Crippen LogP contribution in [0.3, 0.4) is 0 Å². The molecule has 14 heteroatoms. The normalized spacial score (nSPS) is 11.6. The fourth-order valence-electron chi connectivity index (χ4n) is 6.52. The molecule has 10 nitrogen and oxygen atoms in total. The Morgan fingerprint density at radius 2 is 1.09 bits per heavy atom. The Morgan fingerprint density at radius 3 is 1.50 bits per heavy atom. The van der Waals surface area contributed by atoms with E-state index in [0.717, 1.165) is 36.4 Å². The van der Waals surface area contributed by atoms with E-state index < -0.39 is 52.9 Å². The maximum Gasteiger partial charge on any atom is 0.311 e. The Bertz CT molecular complexity index is 2430. The Kier molecular flexibility index (Phi) is 11.2. The van der Waals surface area contributed by atoms with E-state index in [1.165, 1.54) is 59.8 Å². The summed E-state index contributed by atoms with van der Waals surface area (Å²) in [6.07, 6.45) is -0.0411. The van der Waals surface area contributed by atoms with Crippen molar-refractivity contribution in [1.29, 1.82) is 0 Å². The molecule has 0 fully saturated rings. The highest BCUT2D eigenvalue weighted by Crippen LogP contribution is 2.38. The first kappa shape index (κ1) is 38.8. The molecule has 0 saturated heterocycles. The minimum atomic E-state index is -1.08. The van der Waals surface area contributed by atoms with E-state index in [4.69, 9.17) is 9.47 Å². The smallest absolute Gasteiger partial charge is 0.311 e.